The van der Waals surface area contributed by atoms with Gasteiger partial charge in [0.2, 0.25) is 0 Å². The molecule has 3 nitrogen and oxygen atoms in total. The predicted octanol–water partition coefficient (Wildman–Crippen LogP) is 2.77. The highest BCUT2D eigenvalue weighted by Gasteiger charge is 2.28. The Morgan fingerprint density at radius 3 is 2.22 bits per heavy atom. The minimum Gasteiger partial charge on any atom is -0.314 e. The van der Waals surface area contributed by atoms with Crippen molar-refractivity contribution in [3.63, 3.8) is 0 Å². The van der Waals surface area contributed by atoms with Crippen LogP contribution in [0.2, 0.25) is 0 Å². The summed E-state index contributed by atoms with van der Waals surface area (Å²) in [5, 5.41) is 8.87. The Kier molecular flexibility index (Phi) is 5.19. The highest BCUT2D eigenvalue weighted by atomic mass is 15.1. The number of piperidine rings is 1. The molecule has 1 aliphatic rings. The number of hydrogen-bond donors (Lipinski definition) is 1. The summed E-state index contributed by atoms with van der Waals surface area (Å²) in [5.41, 5.74) is 5.63. The Morgan fingerprint density at radius 2 is 1.78 bits per heavy atom. The number of nitriles is 1. The quantitative estimate of drug-likeness (QED) is 0.836. The predicted molar refractivity (Wildman–Crippen MR) is 76.1 cm³/mol. The van der Waals surface area contributed by atoms with E-state index in [1.54, 1.807) is 0 Å². The maximum absolute atomic E-state index is 8.87. The molecular formula is C15H29N3. The number of likely N-dealkylation sites (tertiary alicyclic amines) is 1. The Balaban J connectivity index is 2.23. The van der Waals surface area contributed by atoms with Gasteiger partial charge in [-0.3, -0.25) is 0 Å². The van der Waals surface area contributed by atoms with Crippen LogP contribution in [0.5, 0.6) is 0 Å². The second-order valence-electron chi connectivity index (χ2n) is 7.11. The molecule has 0 bridgehead atoms. The average Bonchev–Trinajstić information content (AvgIpc) is 2.28. The van der Waals surface area contributed by atoms with E-state index in [-0.39, 0.29) is 0 Å². The third-order valence-electron chi connectivity index (χ3n) is 4.24. The lowest BCUT2D eigenvalue weighted by atomic mass is 9.75. The molecule has 104 valence electrons. The minimum atomic E-state index is -0.649. The largest absolute Gasteiger partial charge is 0.314 e. The van der Waals surface area contributed by atoms with Crippen molar-refractivity contribution >= 4 is 0 Å². The van der Waals surface area contributed by atoms with Crippen molar-refractivity contribution in [2.75, 3.05) is 19.6 Å². The van der Waals surface area contributed by atoms with Gasteiger partial charge in [0, 0.05) is 0 Å². The van der Waals surface area contributed by atoms with Gasteiger partial charge in [-0.05, 0) is 63.6 Å². The van der Waals surface area contributed by atoms with E-state index >= 15 is 0 Å². The third-order valence-corrected chi connectivity index (χ3v) is 4.24. The summed E-state index contributed by atoms with van der Waals surface area (Å²) in [6.07, 6.45) is 4.44. The first kappa shape index (κ1) is 15.5. The normalized spacial score (nSPS) is 22.4. The van der Waals surface area contributed by atoms with Gasteiger partial charge in [-0.1, -0.05) is 20.8 Å². The van der Waals surface area contributed by atoms with Crippen molar-refractivity contribution in [2.45, 2.75) is 58.9 Å². The van der Waals surface area contributed by atoms with E-state index in [0.29, 0.717) is 5.41 Å². The summed E-state index contributed by atoms with van der Waals surface area (Å²) >= 11 is 0. The van der Waals surface area contributed by atoms with Crippen LogP contribution in [0.15, 0.2) is 0 Å². The van der Waals surface area contributed by atoms with Crippen molar-refractivity contribution in [1.82, 2.24) is 4.90 Å². The van der Waals surface area contributed by atoms with Crippen molar-refractivity contribution in [3.05, 3.63) is 0 Å². The first-order valence-corrected chi connectivity index (χ1v) is 7.17. The van der Waals surface area contributed by atoms with Gasteiger partial charge in [0.15, 0.2) is 0 Å². The Hall–Kier alpha value is -0.590. The molecule has 0 amide bonds. The van der Waals surface area contributed by atoms with E-state index in [4.69, 9.17) is 11.0 Å². The zero-order valence-corrected chi connectivity index (χ0v) is 12.5. The van der Waals surface area contributed by atoms with Crippen LogP contribution in [0.4, 0.5) is 0 Å². The fourth-order valence-electron chi connectivity index (χ4n) is 2.75. The number of rotatable bonds is 4. The molecule has 0 saturated carbocycles. The van der Waals surface area contributed by atoms with Crippen molar-refractivity contribution in [1.29, 1.82) is 5.26 Å². The molecule has 2 N–H and O–H groups in total. The lowest BCUT2D eigenvalue weighted by Crippen LogP contribution is -2.40. The monoisotopic (exact) mass is 251 g/mol. The molecular weight excluding hydrogens is 222 g/mol. The average molecular weight is 251 g/mol. The standard InChI is InChI=1S/C15H29N3/c1-14(2,3)13-6-10-18(11-7-13)9-5-8-15(4,17)12-16/h13H,5-11,17H2,1-4H3. The van der Waals surface area contributed by atoms with E-state index in [1.165, 1.54) is 25.9 Å². The molecule has 3 heteroatoms. The second-order valence-corrected chi connectivity index (χ2v) is 7.11. The minimum absolute atomic E-state index is 0.447. The fourth-order valence-corrected chi connectivity index (χ4v) is 2.75. The molecule has 1 heterocycles. The lowest BCUT2D eigenvalue weighted by molar-refractivity contribution is 0.110. The van der Waals surface area contributed by atoms with Crippen molar-refractivity contribution in [3.8, 4) is 6.07 Å². The van der Waals surface area contributed by atoms with Crippen LogP contribution >= 0.6 is 0 Å². The Labute approximate surface area is 112 Å². The third kappa shape index (κ3) is 4.96. The van der Waals surface area contributed by atoms with Gasteiger partial charge in [-0.2, -0.15) is 5.26 Å². The topological polar surface area (TPSA) is 53.1 Å². The molecule has 0 aromatic carbocycles. The summed E-state index contributed by atoms with van der Waals surface area (Å²) in [7, 11) is 0. The maximum atomic E-state index is 8.87. The molecule has 18 heavy (non-hydrogen) atoms. The molecule has 1 unspecified atom stereocenters. The summed E-state index contributed by atoms with van der Waals surface area (Å²) in [4.78, 5) is 2.52. The maximum Gasteiger partial charge on any atom is 0.101 e. The van der Waals surface area contributed by atoms with Crippen molar-refractivity contribution in [2.24, 2.45) is 17.1 Å². The molecule has 0 spiro atoms. The Morgan fingerprint density at radius 1 is 1.22 bits per heavy atom. The first-order chi connectivity index (χ1) is 8.24. The summed E-state index contributed by atoms with van der Waals surface area (Å²) < 4.78 is 0. The van der Waals surface area contributed by atoms with E-state index in [9.17, 15) is 0 Å². The van der Waals surface area contributed by atoms with Gasteiger partial charge < -0.3 is 10.6 Å². The van der Waals surface area contributed by atoms with Gasteiger partial charge in [-0.15, -0.1) is 0 Å². The molecule has 1 rings (SSSR count). The van der Waals surface area contributed by atoms with Gasteiger partial charge in [0.1, 0.15) is 5.54 Å². The summed E-state index contributed by atoms with van der Waals surface area (Å²) in [5.74, 6) is 0.854. The highest BCUT2D eigenvalue weighted by molar-refractivity contribution is 5.00. The summed E-state index contributed by atoms with van der Waals surface area (Å²) in [6, 6.07) is 2.17. The number of nitrogens with zero attached hydrogens (tertiary/aromatic N) is 2. The van der Waals surface area contributed by atoms with E-state index in [1.807, 2.05) is 6.92 Å². The molecule has 0 radical (unpaired) electrons. The van der Waals surface area contributed by atoms with Gasteiger partial charge >= 0.3 is 0 Å². The number of hydrogen-bond acceptors (Lipinski definition) is 3. The van der Waals surface area contributed by atoms with Crippen LogP contribution in [0.3, 0.4) is 0 Å². The number of nitrogens with two attached hydrogens (primary N) is 1. The van der Waals surface area contributed by atoms with Gasteiger partial charge in [0.25, 0.3) is 0 Å². The van der Waals surface area contributed by atoms with Crippen LogP contribution in [-0.2, 0) is 0 Å². The van der Waals surface area contributed by atoms with E-state index in [2.05, 4.69) is 31.7 Å². The summed E-state index contributed by atoms with van der Waals surface area (Å²) in [6.45, 7) is 12.4. The van der Waals surface area contributed by atoms with Gasteiger partial charge in [-0.25, -0.2) is 0 Å². The molecule has 1 saturated heterocycles. The molecule has 1 atom stereocenters. The lowest BCUT2D eigenvalue weighted by Gasteiger charge is -2.39. The van der Waals surface area contributed by atoms with Crippen molar-refractivity contribution < 1.29 is 0 Å². The molecule has 0 aromatic rings. The zero-order valence-electron chi connectivity index (χ0n) is 12.5. The SMILES string of the molecule is CC(N)(C#N)CCCN1CCC(C(C)(C)C)CC1. The van der Waals surface area contributed by atoms with E-state index in [0.717, 1.165) is 25.3 Å². The van der Waals surface area contributed by atoms with Gasteiger partial charge in [0.05, 0.1) is 6.07 Å². The molecule has 1 fully saturated rings. The zero-order chi connectivity index (χ0) is 13.8. The molecule has 1 aliphatic heterocycles. The van der Waals surface area contributed by atoms with Crippen LogP contribution in [0.1, 0.15) is 53.4 Å². The van der Waals surface area contributed by atoms with E-state index < -0.39 is 5.54 Å². The van der Waals surface area contributed by atoms with Crippen LogP contribution < -0.4 is 5.73 Å². The smallest absolute Gasteiger partial charge is 0.101 e. The Bertz CT molecular complexity index is 288. The second kappa shape index (κ2) is 6.04. The highest BCUT2D eigenvalue weighted by Crippen LogP contribution is 2.34. The molecule has 0 aliphatic carbocycles. The molecule has 0 aromatic heterocycles. The van der Waals surface area contributed by atoms with Crippen LogP contribution in [-0.4, -0.2) is 30.1 Å². The fraction of sp³-hybridized carbons (Fsp3) is 0.933. The van der Waals surface area contributed by atoms with Crippen LogP contribution in [0, 0.1) is 22.7 Å². The first-order valence-electron chi connectivity index (χ1n) is 7.17. The van der Waals surface area contributed by atoms with Crippen LogP contribution in [0.25, 0.3) is 0 Å².